The molecule has 2 rings (SSSR count). The Morgan fingerprint density at radius 2 is 2.00 bits per heavy atom. The Kier molecular flexibility index (Phi) is 4.82. The molecular weight excluding hydrogens is 264 g/mol. The molecule has 0 atom stereocenters. The lowest BCUT2D eigenvalue weighted by Crippen LogP contribution is -2.13. The Morgan fingerprint density at radius 1 is 1.24 bits per heavy atom. The molecular formula is C17H20N2O2. The number of ether oxygens (including phenoxy) is 1. The highest BCUT2D eigenvalue weighted by molar-refractivity contribution is 6.05. The number of hydrogen-bond acceptors (Lipinski definition) is 3. The van der Waals surface area contributed by atoms with Gasteiger partial charge in [0.05, 0.1) is 12.8 Å². The first kappa shape index (κ1) is 14.9. The van der Waals surface area contributed by atoms with Crippen LogP contribution in [-0.4, -0.2) is 13.0 Å². The minimum atomic E-state index is -0.173. The van der Waals surface area contributed by atoms with Crippen molar-refractivity contribution in [2.24, 2.45) is 0 Å². The lowest BCUT2D eigenvalue weighted by molar-refractivity contribution is 0.102. The summed E-state index contributed by atoms with van der Waals surface area (Å²) >= 11 is 0. The molecule has 0 aromatic heterocycles. The standard InChI is InChI=1S/C17H20N2O2/c1-3-6-12-7-4-5-8-15(12)19-17(20)13-9-10-16(21-2)14(18)11-13/h4-5,7-11H,3,6,18H2,1-2H3,(H,19,20). The number of para-hydroxylation sites is 1. The van der Waals surface area contributed by atoms with E-state index in [2.05, 4.69) is 12.2 Å². The van der Waals surface area contributed by atoms with Gasteiger partial charge in [0.25, 0.3) is 5.91 Å². The van der Waals surface area contributed by atoms with Crippen LogP contribution in [0.25, 0.3) is 0 Å². The van der Waals surface area contributed by atoms with Gasteiger partial charge >= 0.3 is 0 Å². The van der Waals surface area contributed by atoms with Crippen molar-refractivity contribution in [3.05, 3.63) is 53.6 Å². The zero-order valence-electron chi connectivity index (χ0n) is 12.3. The van der Waals surface area contributed by atoms with Crippen molar-refractivity contribution in [2.45, 2.75) is 19.8 Å². The van der Waals surface area contributed by atoms with Crippen LogP contribution in [0.1, 0.15) is 29.3 Å². The molecule has 0 aliphatic carbocycles. The Hall–Kier alpha value is -2.49. The number of hydrogen-bond donors (Lipinski definition) is 2. The summed E-state index contributed by atoms with van der Waals surface area (Å²) in [6, 6.07) is 12.9. The number of methoxy groups -OCH3 is 1. The summed E-state index contributed by atoms with van der Waals surface area (Å²) in [5.74, 6) is 0.394. The molecule has 2 aromatic rings. The van der Waals surface area contributed by atoms with E-state index >= 15 is 0 Å². The molecule has 0 aliphatic heterocycles. The van der Waals surface area contributed by atoms with Crippen LogP contribution in [0.2, 0.25) is 0 Å². The normalized spacial score (nSPS) is 10.2. The first-order valence-corrected chi connectivity index (χ1v) is 6.98. The summed E-state index contributed by atoms with van der Waals surface area (Å²) in [6.07, 6.45) is 1.96. The molecule has 0 radical (unpaired) electrons. The molecule has 0 saturated heterocycles. The second kappa shape index (κ2) is 6.79. The number of benzene rings is 2. The molecule has 4 nitrogen and oxygen atoms in total. The molecule has 0 bridgehead atoms. The quantitative estimate of drug-likeness (QED) is 0.826. The summed E-state index contributed by atoms with van der Waals surface area (Å²) in [5.41, 5.74) is 8.78. The number of carbonyl (C=O) groups is 1. The molecule has 2 aromatic carbocycles. The maximum Gasteiger partial charge on any atom is 0.255 e. The fraction of sp³-hybridized carbons (Fsp3) is 0.235. The first-order chi connectivity index (χ1) is 10.2. The van der Waals surface area contributed by atoms with Crippen LogP contribution in [0.3, 0.4) is 0 Å². The summed E-state index contributed by atoms with van der Waals surface area (Å²) in [4.78, 5) is 12.3. The van der Waals surface area contributed by atoms with Gasteiger partial charge in [-0.3, -0.25) is 4.79 Å². The van der Waals surface area contributed by atoms with E-state index in [1.165, 1.54) is 0 Å². The molecule has 0 heterocycles. The second-order valence-corrected chi connectivity index (χ2v) is 4.82. The highest BCUT2D eigenvalue weighted by Crippen LogP contribution is 2.23. The van der Waals surface area contributed by atoms with Crippen molar-refractivity contribution < 1.29 is 9.53 Å². The lowest BCUT2D eigenvalue weighted by atomic mass is 10.1. The van der Waals surface area contributed by atoms with E-state index in [1.54, 1.807) is 25.3 Å². The van der Waals surface area contributed by atoms with Gasteiger partial charge in [0, 0.05) is 11.3 Å². The molecule has 0 saturated carbocycles. The number of nitrogens with one attached hydrogen (secondary N) is 1. The predicted molar refractivity (Wildman–Crippen MR) is 85.8 cm³/mol. The Morgan fingerprint density at radius 3 is 2.67 bits per heavy atom. The third kappa shape index (κ3) is 3.54. The summed E-state index contributed by atoms with van der Waals surface area (Å²) in [7, 11) is 1.55. The maximum atomic E-state index is 12.3. The predicted octanol–water partition coefficient (Wildman–Crippen LogP) is 3.48. The van der Waals surface area contributed by atoms with Gasteiger partial charge in [0.15, 0.2) is 0 Å². The number of nitrogen functional groups attached to an aromatic ring is 1. The van der Waals surface area contributed by atoms with Crippen LogP contribution >= 0.6 is 0 Å². The fourth-order valence-corrected chi connectivity index (χ4v) is 2.20. The highest BCUT2D eigenvalue weighted by atomic mass is 16.5. The van der Waals surface area contributed by atoms with Crippen LogP contribution in [0.15, 0.2) is 42.5 Å². The zero-order valence-corrected chi connectivity index (χ0v) is 12.3. The number of amides is 1. The summed E-state index contributed by atoms with van der Waals surface area (Å²) in [5, 5.41) is 2.94. The summed E-state index contributed by atoms with van der Waals surface area (Å²) in [6.45, 7) is 2.11. The third-order valence-electron chi connectivity index (χ3n) is 3.28. The van der Waals surface area contributed by atoms with Crippen molar-refractivity contribution in [1.29, 1.82) is 0 Å². The summed E-state index contributed by atoms with van der Waals surface area (Å²) < 4.78 is 5.09. The number of anilines is 2. The van der Waals surface area contributed by atoms with Crippen LogP contribution in [-0.2, 0) is 6.42 Å². The Bertz CT molecular complexity index is 638. The number of aryl methyl sites for hydroxylation is 1. The molecule has 21 heavy (non-hydrogen) atoms. The molecule has 0 fully saturated rings. The van der Waals surface area contributed by atoms with Gasteiger partial charge in [-0.15, -0.1) is 0 Å². The molecule has 0 aliphatic rings. The van der Waals surface area contributed by atoms with E-state index < -0.39 is 0 Å². The van der Waals surface area contributed by atoms with Gasteiger partial charge in [0.2, 0.25) is 0 Å². The molecule has 110 valence electrons. The highest BCUT2D eigenvalue weighted by Gasteiger charge is 2.10. The minimum Gasteiger partial charge on any atom is -0.495 e. The van der Waals surface area contributed by atoms with Crippen molar-refractivity contribution in [2.75, 3.05) is 18.2 Å². The second-order valence-electron chi connectivity index (χ2n) is 4.82. The zero-order chi connectivity index (χ0) is 15.2. The average Bonchev–Trinajstić information content (AvgIpc) is 2.49. The molecule has 4 heteroatoms. The van der Waals surface area contributed by atoms with E-state index in [1.807, 2.05) is 24.3 Å². The Labute approximate surface area is 124 Å². The van der Waals surface area contributed by atoms with Gasteiger partial charge in [-0.05, 0) is 36.2 Å². The fourth-order valence-electron chi connectivity index (χ4n) is 2.20. The van der Waals surface area contributed by atoms with Gasteiger partial charge < -0.3 is 15.8 Å². The van der Waals surface area contributed by atoms with E-state index in [-0.39, 0.29) is 5.91 Å². The number of carbonyl (C=O) groups excluding carboxylic acids is 1. The monoisotopic (exact) mass is 284 g/mol. The van der Waals surface area contributed by atoms with E-state index in [0.29, 0.717) is 17.0 Å². The molecule has 3 N–H and O–H groups in total. The van der Waals surface area contributed by atoms with Crippen molar-refractivity contribution in [3.63, 3.8) is 0 Å². The first-order valence-electron chi connectivity index (χ1n) is 6.98. The SMILES string of the molecule is CCCc1ccccc1NC(=O)c1ccc(OC)c(N)c1. The third-order valence-corrected chi connectivity index (χ3v) is 3.28. The minimum absolute atomic E-state index is 0.173. The van der Waals surface area contributed by atoms with Crippen molar-refractivity contribution in [3.8, 4) is 5.75 Å². The topological polar surface area (TPSA) is 64.3 Å². The number of rotatable bonds is 5. The van der Waals surface area contributed by atoms with Gasteiger partial charge in [-0.2, -0.15) is 0 Å². The smallest absolute Gasteiger partial charge is 0.255 e. The van der Waals surface area contributed by atoms with E-state index in [4.69, 9.17) is 10.5 Å². The van der Waals surface area contributed by atoms with Gasteiger partial charge in [-0.25, -0.2) is 0 Å². The number of nitrogens with two attached hydrogens (primary N) is 1. The molecule has 1 amide bonds. The van der Waals surface area contributed by atoms with Crippen LogP contribution in [0.5, 0.6) is 5.75 Å². The van der Waals surface area contributed by atoms with Crippen molar-refractivity contribution in [1.82, 2.24) is 0 Å². The van der Waals surface area contributed by atoms with E-state index in [0.717, 1.165) is 24.1 Å². The average molecular weight is 284 g/mol. The molecule has 0 unspecified atom stereocenters. The van der Waals surface area contributed by atoms with Crippen LogP contribution in [0.4, 0.5) is 11.4 Å². The molecule has 0 spiro atoms. The van der Waals surface area contributed by atoms with E-state index in [9.17, 15) is 4.79 Å². The lowest BCUT2D eigenvalue weighted by Gasteiger charge is -2.11. The van der Waals surface area contributed by atoms with Crippen molar-refractivity contribution >= 4 is 17.3 Å². The maximum absolute atomic E-state index is 12.3. The van der Waals surface area contributed by atoms with Gasteiger partial charge in [-0.1, -0.05) is 31.5 Å². The Balaban J connectivity index is 2.20. The van der Waals surface area contributed by atoms with Crippen LogP contribution < -0.4 is 15.8 Å². The largest absolute Gasteiger partial charge is 0.495 e. The van der Waals surface area contributed by atoms with Gasteiger partial charge in [0.1, 0.15) is 5.75 Å². The van der Waals surface area contributed by atoms with Crippen LogP contribution in [0, 0.1) is 0 Å².